The molecule has 1 heterocycles. The summed E-state index contributed by atoms with van der Waals surface area (Å²) in [5.74, 6) is -0.534. The van der Waals surface area contributed by atoms with Crippen molar-refractivity contribution in [3.63, 3.8) is 0 Å². The average Bonchev–Trinajstić information content (AvgIpc) is 2.60. The fourth-order valence-corrected chi connectivity index (χ4v) is 2.74. The number of fused-ring (bicyclic) bond motifs is 1. The van der Waals surface area contributed by atoms with E-state index >= 15 is 0 Å². The molecule has 0 fully saturated rings. The maximum Gasteiger partial charge on any atom is 0.261 e. The van der Waals surface area contributed by atoms with Crippen LogP contribution in [0.2, 0.25) is 5.02 Å². The highest BCUT2D eigenvalue weighted by molar-refractivity contribution is 6.32. The van der Waals surface area contributed by atoms with E-state index in [4.69, 9.17) is 16.3 Å². The van der Waals surface area contributed by atoms with Crippen molar-refractivity contribution in [2.45, 2.75) is 6.54 Å². The van der Waals surface area contributed by atoms with E-state index in [9.17, 15) is 14.0 Å². The maximum atomic E-state index is 13.3. The highest BCUT2D eigenvalue weighted by Gasteiger charge is 2.13. The van der Waals surface area contributed by atoms with Crippen molar-refractivity contribution in [3.8, 4) is 5.75 Å². The fourth-order valence-electron chi connectivity index (χ4n) is 2.47. The summed E-state index contributed by atoms with van der Waals surface area (Å²) >= 11 is 6.18. The van der Waals surface area contributed by atoms with Gasteiger partial charge in [0.25, 0.3) is 11.5 Å². The summed E-state index contributed by atoms with van der Waals surface area (Å²) in [6, 6.07) is 10.5. The van der Waals surface area contributed by atoms with Gasteiger partial charge in [-0.15, -0.1) is 0 Å². The molecule has 1 amide bonds. The molecule has 0 aliphatic rings. The first-order chi connectivity index (χ1) is 12.0. The molecule has 0 saturated heterocycles. The predicted octanol–water partition coefficient (Wildman–Crippen LogP) is 3.26. The Morgan fingerprint density at radius 1 is 1.28 bits per heavy atom. The number of benzene rings is 2. The number of aromatic amines is 1. The fraction of sp³-hybridized carbons (Fsp3) is 0.111. The normalized spacial score (nSPS) is 10.7. The largest absolute Gasteiger partial charge is 0.495 e. The van der Waals surface area contributed by atoms with Gasteiger partial charge in [-0.1, -0.05) is 23.7 Å². The highest BCUT2D eigenvalue weighted by atomic mass is 35.5. The van der Waals surface area contributed by atoms with E-state index in [0.29, 0.717) is 27.2 Å². The van der Waals surface area contributed by atoms with Crippen molar-refractivity contribution >= 4 is 28.4 Å². The van der Waals surface area contributed by atoms with E-state index in [2.05, 4.69) is 10.3 Å². The number of carbonyl (C=O) groups excluding carboxylic acids is 1. The van der Waals surface area contributed by atoms with Gasteiger partial charge in [-0.25, -0.2) is 4.39 Å². The van der Waals surface area contributed by atoms with Gasteiger partial charge in [-0.05, 0) is 35.9 Å². The number of hydrogen-bond acceptors (Lipinski definition) is 3. The Labute approximate surface area is 147 Å². The first-order valence-corrected chi connectivity index (χ1v) is 7.79. The Morgan fingerprint density at radius 2 is 2.08 bits per heavy atom. The molecule has 3 aromatic rings. The number of aromatic nitrogens is 1. The predicted molar refractivity (Wildman–Crippen MR) is 93.7 cm³/mol. The number of methoxy groups -OCH3 is 1. The number of nitrogens with one attached hydrogen (secondary N) is 2. The first kappa shape index (κ1) is 17.0. The molecule has 0 saturated carbocycles. The molecule has 3 rings (SSSR count). The zero-order valence-electron chi connectivity index (χ0n) is 13.2. The molecule has 0 aliphatic heterocycles. The van der Waals surface area contributed by atoms with Crippen LogP contribution in [0, 0.1) is 5.82 Å². The molecular formula is C18H14ClFN2O3. The summed E-state index contributed by atoms with van der Waals surface area (Å²) in [5.41, 5.74) is 0.460. The van der Waals surface area contributed by atoms with Gasteiger partial charge in [0, 0.05) is 17.4 Å². The third-order valence-electron chi connectivity index (χ3n) is 3.75. The lowest BCUT2D eigenvalue weighted by Crippen LogP contribution is -2.29. The van der Waals surface area contributed by atoms with Crippen LogP contribution in [0.5, 0.6) is 5.75 Å². The van der Waals surface area contributed by atoms with E-state index in [1.165, 1.54) is 31.4 Å². The highest BCUT2D eigenvalue weighted by Crippen LogP contribution is 2.27. The number of rotatable bonds is 4. The molecule has 2 aromatic carbocycles. The first-order valence-electron chi connectivity index (χ1n) is 7.42. The number of carbonyl (C=O) groups is 1. The van der Waals surface area contributed by atoms with E-state index < -0.39 is 17.3 Å². The quantitative estimate of drug-likeness (QED) is 0.750. The second-order valence-corrected chi connectivity index (χ2v) is 5.74. The standard InChI is InChI=1S/C18H14ClFN2O3/c1-25-15-4-2-3-10(16(15)19)9-21-17(23)13-8-11-7-12(20)5-6-14(11)22-18(13)24/h2-8H,9H2,1H3,(H,21,23)(H,22,24). The summed E-state index contributed by atoms with van der Waals surface area (Å²) < 4.78 is 18.5. The zero-order valence-corrected chi connectivity index (χ0v) is 14.0. The molecule has 0 radical (unpaired) electrons. The molecule has 5 nitrogen and oxygen atoms in total. The van der Waals surface area contributed by atoms with Crippen LogP contribution in [0.4, 0.5) is 4.39 Å². The lowest BCUT2D eigenvalue weighted by Gasteiger charge is -2.10. The van der Waals surface area contributed by atoms with Gasteiger partial charge in [0.2, 0.25) is 0 Å². The summed E-state index contributed by atoms with van der Waals surface area (Å²) in [6.45, 7) is 0.121. The van der Waals surface area contributed by atoms with E-state index in [0.717, 1.165) is 0 Å². The van der Waals surface area contributed by atoms with Crippen molar-refractivity contribution in [2.24, 2.45) is 0 Å². The van der Waals surface area contributed by atoms with Crippen molar-refractivity contribution in [2.75, 3.05) is 7.11 Å². The van der Waals surface area contributed by atoms with E-state index in [-0.39, 0.29) is 12.1 Å². The molecule has 128 valence electrons. The van der Waals surface area contributed by atoms with Crippen molar-refractivity contribution in [3.05, 3.63) is 74.8 Å². The third kappa shape index (κ3) is 3.49. The number of H-pyrrole nitrogens is 1. The topological polar surface area (TPSA) is 71.2 Å². The van der Waals surface area contributed by atoms with Crippen LogP contribution in [0.25, 0.3) is 10.9 Å². The molecule has 0 aliphatic carbocycles. The van der Waals surface area contributed by atoms with Gasteiger partial charge in [-0.3, -0.25) is 9.59 Å². The Kier molecular flexibility index (Phi) is 4.72. The van der Waals surface area contributed by atoms with Gasteiger partial charge < -0.3 is 15.0 Å². The Hall–Kier alpha value is -2.86. The molecule has 0 spiro atoms. The lowest BCUT2D eigenvalue weighted by atomic mass is 10.1. The molecule has 0 bridgehead atoms. The average molecular weight is 361 g/mol. The Balaban J connectivity index is 1.85. The van der Waals surface area contributed by atoms with Crippen LogP contribution in [-0.4, -0.2) is 18.0 Å². The minimum atomic E-state index is -0.578. The lowest BCUT2D eigenvalue weighted by molar-refractivity contribution is 0.0949. The molecule has 2 N–H and O–H groups in total. The van der Waals surface area contributed by atoms with Crippen LogP contribution in [0.15, 0.2) is 47.3 Å². The van der Waals surface area contributed by atoms with E-state index in [1.807, 2.05) is 0 Å². The summed E-state index contributed by atoms with van der Waals surface area (Å²) in [7, 11) is 1.50. The van der Waals surface area contributed by atoms with Gasteiger partial charge in [-0.2, -0.15) is 0 Å². The molecule has 0 unspecified atom stereocenters. The second-order valence-electron chi connectivity index (χ2n) is 5.36. The summed E-state index contributed by atoms with van der Waals surface area (Å²) in [4.78, 5) is 27.0. The molecule has 0 atom stereocenters. The zero-order chi connectivity index (χ0) is 18.0. The number of hydrogen-bond donors (Lipinski definition) is 2. The van der Waals surface area contributed by atoms with Crippen LogP contribution >= 0.6 is 11.6 Å². The Morgan fingerprint density at radius 3 is 2.84 bits per heavy atom. The Bertz CT molecular complexity index is 1020. The monoisotopic (exact) mass is 360 g/mol. The number of ether oxygens (including phenoxy) is 1. The van der Waals surface area contributed by atoms with Crippen LogP contribution < -0.4 is 15.6 Å². The second kappa shape index (κ2) is 6.94. The summed E-state index contributed by atoms with van der Waals surface area (Å²) in [5, 5.41) is 3.46. The summed E-state index contributed by atoms with van der Waals surface area (Å²) in [6.07, 6.45) is 0. The minimum Gasteiger partial charge on any atom is -0.495 e. The molecular weight excluding hydrogens is 347 g/mol. The SMILES string of the molecule is COc1cccc(CNC(=O)c2cc3cc(F)ccc3[nH]c2=O)c1Cl. The molecule has 7 heteroatoms. The van der Waals surface area contributed by atoms with Gasteiger partial charge in [0.15, 0.2) is 0 Å². The third-order valence-corrected chi connectivity index (χ3v) is 4.18. The van der Waals surface area contributed by atoms with E-state index in [1.54, 1.807) is 18.2 Å². The van der Waals surface area contributed by atoms with Gasteiger partial charge in [0.05, 0.1) is 12.1 Å². The van der Waals surface area contributed by atoms with Crippen LogP contribution in [-0.2, 0) is 6.54 Å². The molecule has 1 aromatic heterocycles. The van der Waals surface area contributed by atoms with Crippen molar-refractivity contribution in [1.82, 2.24) is 10.3 Å². The van der Waals surface area contributed by atoms with Crippen LogP contribution in [0.3, 0.4) is 0 Å². The smallest absolute Gasteiger partial charge is 0.261 e. The molecule has 25 heavy (non-hydrogen) atoms. The minimum absolute atomic E-state index is 0.0999. The number of halogens is 2. The number of pyridine rings is 1. The van der Waals surface area contributed by atoms with Crippen molar-refractivity contribution in [1.29, 1.82) is 0 Å². The maximum absolute atomic E-state index is 13.3. The van der Waals surface area contributed by atoms with Gasteiger partial charge in [0.1, 0.15) is 17.1 Å². The van der Waals surface area contributed by atoms with Gasteiger partial charge >= 0.3 is 0 Å². The number of amides is 1. The van der Waals surface area contributed by atoms with Crippen molar-refractivity contribution < 1.29 is 13.9 Å². The van der Waals surface area contributed by atoms with Crippen LogP contribution in [0.1, 0.15) is 15.9 Å².